The molecule has 8 heteroatoms. The predicted molar refractivity (Wildman–Crippen MR) is 66.5 cm³/mol. The van der Waals surface area contributed by atoms with Gasteiger partial charge in [-0.25, -0.2) is 8.42 Å². The van der Waals surface area contributed by atoms with Crippen molar-refractivity contribution in [1.29, 1.82) is 0 Å². The number of benzene rings is 1. The van der Waals surface area contributed by atoms with Crippen LogP contribution in [0, 0.1) is 17.0 Å². The minimum atomic E-state index is -3.96. The van der Waals surface area contributed by atoms with Crippen LogP contribution in [0.5, 0.6) is 0 Å². The number of imidazole rings is 1. The third-order valence-corrected chi connectivity index (χ3v) is 4.50. The average Bonchev–Trinajstić information content (AvgIpc) is 2.72. The van der Waals surface area contributed by atoms with Gasteiger partial charge in [-0.05, 0) is 29.0 Å². The molecule has 0 saturated heterocycles. The fourth-order valence-electron chi connectivity index (χ4n) is 1.67. The lowest BCUT2D eigenvalue weighted by Crippen LogP contribution is -2.09. The largest absolute Gasteiger partial charge is 0.401 e. The van der Waals surface area contributed by atoms with Crippen molar-refractivity contribution in [1.82, 2.24) is 9.55 Å². The molecule has 2 aromatic rings. The first kappa shape index (κ1) is 13.2. The second-order valence-electron chi connectivity index (χ2n) is 4.06. The Bertz CT molecular complexity index is 732. The van der Waals surface area contributed by atoms with Crippen LogP contribution in [0.15, 0.2) is 40.5 Å². The van der Waals surface area contributed by atoms with Gasteiger partial charge < -0.3 is 10.1 Å². The van der Waals surface area contributed by atoms with E-state index < -0.39 is 25.6 Å². The molecule has 0 spiro atoms. The predicted octanol–water partition coefficient (Wildman–Crippen LogP) is 1.47. The molecule has 0 aliphatic rings. The maximum absolute atomic E-state index is 12.4. The molecule has 1 heterocycles. The Labute approximate surface area is 109 Å². The molecule has 0 radical (unpaired) electrons. The molecule has 0 unspecified atom stereocenters. The van der Waals surface area contributed by atoms with E-state index in [-0.39, 0.29) is 4.90 Å². The second-order valence-corrected chi connectivity index (χ2v) is 5.92. The van der Waals surface area contributed by atoms with Crippen LogP contribution in [0.4, 0.5) is 5.82 Å². The molecule has 0 N–H and O–H groups in total. The Morgan fingerprint density at radius 1 is 1.26 bits per heavy atom. The molecule has 0 amide bonds. The molecule has 1 aromatic carbocycles. The van der Waals surface area contributed by atoms with Crippen LogP contribution in [0.1, 0.15) is 5.56 Å². The SMILES string of the molecule is Cc1ccc(S(=O)(=O)c2c([N+](=O)[O-])ncn2C)cc1. The molecule has 2 rings (SSSR count). The van der Waals surface area contributed by atoms with Crippen LogP contribution < -0.4 is 0 Å². The summed E-state index contributed by atoms with van der Waals surface area (Å²) in [6.45, 7) is 1.82. The monoisotopic (exact) mass is 281 g/mol. The van der Waals surface area contributed by atoms with Crippen molar-refractivity contribution < 1.29 is 13.3 Å². The summed E-state index contributed by atoms with van der Waals surface area (Å²) in [5.74, 6) is -0.664. The van der Waals surface area contributed by atoms with Crippen molar-refractivity contribution in [2.45, 2.75) is 16.8 Å². The minimum Gasteiger partial charge on any atom is -0.358 e. The summed E-state index contributed by atoms with van der Waals surface area (Å²) in [5.41, 5.74) is 0.901. The lowest BCUT2D eigenvalue weighted by atomic mass is 10.2. The van der Waals surface area contributed by atoms with Crippen LogP contribution in [-0.2, 0) is 16.9 Å². The average molecular weight is 281 g/mol. The van der Waals surface area contributed by atoms with Crippen molar-refractivity contribution in [2.24, 2.45) is 7.05 Å². The lowest BCUT2D eigenvalue weighted by Gasteiger charge is -2.04. The third kappa shape index (κ3) is 2.22. The van der Waals surface area contributed by atoms with Gasteiger partial charge in [0.15, 0.2) is 0 Å². The third-order valence-electron chi connectivity index (χ3n) is 2.62. The van der Waals surface area contributed by atoms with Gasteiger partial charge in [0, 0.05) is 7.05 Å². The van der Waals surface area contributed by atoms with E-state index in [2.05, 4.69) is 4.98 Å². The molecular weight excluding hydrogens is 270 g/mol. The van der Waals surface area contributed by atoms with Crippen LogP contribution >= 0.6 is 0 Å². The van der Waals surface area contributed by atoms with Crippen molar-refractivity contribution in [3.63, 3.8) is 0 Å². The molecule has 0 atom stereocenters. The van der Waals surface area contributed by atoms with E-state index in [1.807, 2.05) is 6.92 Å². The highest BCUT2D eigenvalue weighted by molar-refractivity contribution is 7.91. The number of hydrogen-bond donors (Lipinski definition) is 0. The highest BCUT2D eigenvalue weighted by Crippen LogP contribution is 2.27. The number of aryl methyl sites for hydroxylation is 2. The standard InChI is InChI=1S/C11H11N3O4S/c1-8-3-5-9(6-4-8)19(17,18)11-10(14(15)16)12-7-13(11)2/h3-7H,1-2H3. The molecule has 0 bridgehead atoms. The maximum atomic E-state index is 12.4. The number of aromatic nitrogens is 2. The number of hydrogen-bond acceptors (Lipinski definition) is 5. The van der Waals surface area contributed by atoms with Crippen LogP contribution in [-0.4, -0.2) is 22.9 Å². The topological polar surface area (TPSA) is 95.1 Å². The van der Waals surface area contributed by atoms with Crippen LogP contribution in [0.25, 0.3) is 0 Å². The van der Waals surface area contributed by atoms with E-state index in [4.69, 9.17) is 0 Å². The molecule has 0 aliphatic carbocycles. The maximum Gasteiger partial charge on any atom is 0.401 e. The van der Waals surface area contributed by atoms with E-state index in [0.717, 1.165) is 16.5 Å². The first-order valence-electron chi connectivity index (χ1n) is 5.31. The second kappa shape index (κ2) is 4.47. The molecule has 100 valence electrons. The highest BCUT2D eigenvalue weighted by Gasteiger charge is 2.32. The Kier molecular flexibility index (Phi) is 3.11. The molecule has 1 aromatic heterocycles. The molecule has 7 nitrogen and oxygen atoms in total. The zero-order valence-electron chi connectivity index (χ0n) is 10.3. The quantitative estimate of drug-likeness (QED) is 0.627. The Hall–Kier alpha value is -2.22. The molecule has 0 aliphatic heterocycles. The van der Waals surface area contributed by atoms with Gasteiger partial charge in [0.1, 0.15) is 0 Å². The van der Waals surface area contributed by atoms with Crippen molar-refractivity contribution >= 4 is 15.7 Å². The minimum absolute atomic E-state index is 0.00444. The zero-order valence-corrected chi connectivity index (χ0v) is 11.1. The first-order valence-corrected chi connectivity index (χ1v) is 6.80. The van der Waals surface area contributed by atoms with Gasteiger partial charge in [-0.1, -0.05) is 17.7 Å². The van der Waals surface area contributed by atoms with Crippen molar-refractivity contribution in [3.8, 4) is 0 Å². The number of rotatable bonds is 3. The van der Waals surface area contributed by atoms with Crippen LogP contribution in [0.2, 0.25) is 0 Å². The summed E-state index contributed by atoms with van der Waals surface area (Å²) in [6, 6.07) is 6.10. The van der Waals surface area contributed by atoms with E-state index in [0.29, 0.717) is 0 Å². The summed E-state index contributed by atoms with van der Waals surface area (Å²) in [7, 11) is -2.56. The van der Waals surface area contributed by atoms with Gasteiger partial charge in [0.05, 0.1) is 4.90 Å². The summed E-state index contributed by atoms with van der Waals surface area (Å²) in [5, 5.41) is 10.4. The summed E-state index contributed by atoms with van der Waals surface area (Å²) in [4.78, 5) is 13.5. The van der Waals surface area contributed by atoms with Crippen molar-refractivity contribution in [3.05, 3.63) is 46.3 Å². The zero-order chi connectivity index (χ0) is 14.2. The summed E-state index contributed by atoms with van der Waals surface area (Å²) < 4.78 is 25.9. The molecular formula is C11H11N3O4S. The molecule has 19 heavy (non-hydrogen) atoms. The Morgan fingerprint density at radius 3 is 2.37 bits per heavy atom. The fraction of sp³-hybridized carbons (Fsp3) is 0.182. The smallest absolute Gasteiger partial charge is 0.358 e. The number of sulfone groups is 1. The van der Waals surface area contributed by atoms with Gasteiger partial charge in [-0.2, -0.15) is 0 Å². The lowest BCUT2D eigenvalue weighted by molar-refractivity contribution is -0.392. The van der Waals surface area contributed by atoms with Gasteiger partial charge in [0.25, 0.3) is 0 Å². The van der Waals surface area contributed by atoms with Gasteiger partial charge in [-0.15, -0.1) is 0 Å². The fourth-order valence-corrected chi connectivity index (χ4v) is 3.18. The normalized spacial score (nSPS) is 11.5. The van der Waals surface area contributed by atoms with Gasteiger partial charge in [0.2, 0.25) is 21.2 Å². The van der Waals surface area contributed by atoms with E-state index in [9.17, 15) is 18.5 Å². The summed E-state index contributed by atoms with van der Waals surface area (Å²) in [6.07, 6.45) is 1.11. The Balaban J connectivity index is 2.66. The number of nitrogens with zero attached hydrogens (tertiary/aromatic N) is 3. The summed E-state index contributed by atoms with van der Waals surface area (Å²) >= 11 is 0. The highest BCUT2D eigenvalue weighted by atomic mass is 32.2. The van der Waals surface area contributed by atoms with E-state index in [1.165, 1.54) is 19.2 Å². The van der Waals surface area contributed by atoms with Crippen LogP contribution in [0.3, 0.4) is 0 Å². The first-order chi connectivity index (χ1) is 8.84. The van der Waals surface area contributed by atoms with E-state index >= 15 is 0 Å². The molecule has 0 saturated carbocycles. The van der Waals surface area contributed by atoms with E-state index in [1.54, 1.807) is 12.1 Å². The van der Waals surface area contributed by atoms with Crippen molar-refractivity contribution in [2.75, 3.05) is 0 Å². The molecule has 0 fully saturated rings. The van der Waals surface area contributed by atoms with Gasteiger partial charge >= 0.3 is 5.82 Å². The van der Waals surface area contributed by atoms with Gasteiger partial charge in [-0.3, -0.25) is 4.57 Å². The Morgan fingerprint density at radius 2 is 1.84 bits per heavy atom. The number of nitro groups is 1.